The standard InChI is InChI=1S/C16H17Cl2N3O/c1-16(2,3)21-14-10(6-5-9-19-14)15(22)20-12-8-4-7-11(17)13(12)18/h4-9H,1-3H3,(H,19,21)(H,20,22). The van der Waals surface area contributed by atoms with E-state index in [9.17, 15) is 4.79 Å². The fourth-order valence-electron chi connectivity index (χ4n) is 1.83. The quantitative estimate of drug-likeness (QED) is 0.841. The maximum atomic E-state index is 12.5. The molecule has 1 heterocycles. The van der Waals surface area contributed by atoms with Crippen molar-refractivity contribution in [1.82, 2.24) is 4.98 Å². The summed E-state index contributed by atoms with van der Waals surface area (Å²) in [6.07, 6.45) is 1.64. The van der Waals surface area contributed by atoms with E-state index in [4.69, 9.17) is 23.2 Å². The molecule has 0 fully saturated rings. The molecule has 0 spiro atoms. The summed E-state index contributed by atoms with van der Waals surface area (Å²) in [7, 11) is 0. The second-order valence-corrected chi connectivity index (χ2v) is 6.62. The predicted octanol–water partition coefficient (Wildman–Crippen LogP) is 4.85. The molecule has 2 N–H and O–H groups in total. The van der Waals surface area contributed by atoms with Crippen LogP contribution in [-0.4, -0.2) is 16.4 Å². The van der Waals surface area contributed by atoms with Gasteiger partial charge in [0, 0.05) is 11.7 Å². The number of halogens is 2. The zero-order chi connectivity index (χ0) is 16.3. The van der Waals surface area contributed by atoms with Crippen molar-refractivity contribution in [1.29, 1.82) is 0 Å². The first kappa shape index (κ1) is 16.6. The molecule has 2 rings (SSSR count). The minimum absolute atomic E-state index is 0.211. The van der Waals surface area contributed by atoms with Gasteiger partial charge in [0.05, 0.1) is 21.3 Å². The molecule has 2 aromatic rings. The summed E-state index contributed by atoms with van der Waals surface area (Å²) in [5.74, 6) is 0.217. The average molecular weight is 338 g/mol. The van der Waals surface area contributed by atoms with Crippen LogP contribution < -0.4 is 10.6 Å². The maximum absolute atomic E-state index is 12.5. The number of pyridine rings is 1. The van der Waals surface area contributed by atoms with E-state index in [0.29, 0.717) is 27.1 Å². The number of carbonyl (C=O) groups is 1. The van der Waals surface area contributed by atoms with Crippen molar-refractivity contribution in [3.8, 4) is 0 Å². The Morgan fingerprint density at radius 2 is 1.86 bits per heavy atom. The molecule has 1 amide bonds. The normalized spacial score (nSPS) is 11.1. The number of hydrogen-bond acceptors (Lipinski definition) is 3. The molecular formula is C16H17Cl2N3O. The highest BCUT2D eigenvalue weighted by molar-refractivity contribution is 6.44. The molecule has 0 saturated heterocycles. The van der Waals surface area contributed by atoms with Gasteiger partial charge in [-0.05, 0) is 45.0 Å². The van der Waals surface area contributed by atoms with E-state index in [1.807, 2.05) is 20.8 Å². The smallest absolute Gasteiger partial charge is 0.259 e. The lowest BCUT2D eigenvalue weighted by Gasteiger charge is -2.22. The summed E-state index contributed by atoms with van der Waals surface area (Å²) in [6, 6.07) is 8.49. The minimum atomic E-state index is -0.302. The van der Waals surface area contributed by atoms with Crippen LogP contribution in [0.5, 0.6) is 0 Å². The van der Waals surface area contributed by atoms with Gasteiger partial charge in [-0.3, -0.25) is 4.79 Å². The van der Waals surface area contributed by atoms with E-state index in [2.05, 4.69) is 15.6 Å². The van der Waals surface area contributed by atoms with Gasteiger partial charge in [-0.15, -0.1) is 0 Å². The number of amides is 1. The van der Waals surface area contributed by atoms with E-state index in [0.717, 1.165) is 0 Å². The van der Waals surface area contributed by atoms with Crippen LogP contribution in [-0.2, 0) is 0 Å². The molecule has 116 valence electrons. The molecular weight excluding hydrogens is 321 g/mol. The van der Waals surface area contributed by atoms with Gasteiger partial charge < -0.3 is 10.6 Å². The lowest BCUT2D eigenvalue weighted by molar-refractivity contribution is 0.102. The second kappa shape index (κ2) is 6.55. The van der Waals surface area contributed by atoms with Crippen molar-refractivity contribution < 1.29 is 4.79 Å². The summed E-state index contributed by atoms with van der Waals surface area (Å²) >= 11 is 12.0. The number of benzene rings is 1. The third kappa shape index (κ3) is 4.12. The first-order chi connectivity index (χ1) is 10.3. The van der Waals surface area contributed by atoms with Crippen LogP contribution in [0.1, 0.15) is 31.1 Å². The Labute approximate surface area is 139 Å². The average Bonchev–Trinajstić information content (AvgIpc) is 2.42. The molecule has 0 aliphatic rings. The van der Waals surface area contributed by atoms with Crippen LogP contribution in [0.2, 0.25) is 10.0 Å². The number of rotatable bonds is 3. The lowest BCUT2D eigenvalue weighted by atomic mass is 10.1. The third-order valence-electron chi connectivity index (χ3n) is 2.75. The number of aromatic nitrogens is 1. The Bertz CT molecular complexity index is 696. The number of carbonyl (C=O) groups excluding carboxylic acids is 1. The highest BCUT2D eigenvalue weighted by Gasteiger charge is 2.18. The molecule has 0 aliphatic carbocycles. The zero-order valence-corrected chi connectivity index (χ0v) is 14.1. The summed E-state index contributed by atoms with van der Waals surface area (Å²) in [5.41, 5.74) is 0.690. The number of hydrogen-bond donors (Lipinski definition) is 2. The van der Waals surface area contributed by atoms with Crippen LogP contribution in [0, 0.1) is 0 Å². The van der Waals surface area contributed by atoms with Gasteiger partial charge in [0.1, 0.15) is 5.82 Å². The van der Waals surface area contributed by atoms with Crippen LogP contribution in [0.3, 0.4) is 0 Å². The van der Waals surface area contributed by atoms with E-state index in [1.54, 1.807) is 36.5 Å². The van der Waals surface area contributed by atoms with Crippen molar-refractivity contribution >= 4 is 40.6 Å². The Kier molecular flexibility index (Phi) is 4.94. The SMILES string of the molecule is CC(C)(C)Nc1ncccc1C(=O)Nc1cccc(Cl)c1Cl. The zero-order valence-electron chi connectivity index (χ0n) is 12.6. The van der Waals surface area contributed by atoms with Gasteiger partial charge in [-0.2, -0.15) is 0 Å². The van der Waals surface area contributed by atoms with Gasteiger partial charge in [-0.1, -0.05) is 29.3 Å². The molecule has 0 atom stereocenters. The number of anilines is 2. The lowest BCUT2D eigenvalue weighted by Crippen LogP contribution is -2.28. The molecule has 0 saturated carbocycles. The molecule has 0 radical (unpaired) electrons. The fraction of sp³-hybridized carbons (Fsp3) is 0.250. The number of nitrogens with zero attached hydrogens (tertiary/aromatic N) is 1. The van der Waals surface area contributed by atoms with Crippen LogP contribution in [0.4, 0.5) is 11.5 Å². The highest BCUT2D eigenvalue weighted by Crippen LogP contribution is 2.30. The Morgan fingerprint density at radius 1 is 1.14 bits per heavy atom. The van der Waals surface area contributed by atoms with Crippen molar-refractivity contribution in [2.24, 2.45) is 0 Å². The van der Waals surface area contributed by atoms with Crippen molar-refractivity contribution in [3.05, 3.63) is 52.1 Å². The molecule has 6 heteroatoms. The molecule has 0 bridgehead atoms. The largest absolute Gasteiger partial charge is 0.365 e. The van der Waals surface area contributed by atoms with Gasteiger partial charge in [0.15, 0.2) is 0 Å². The molecule has 0 unspecified atom stereocenters. The Hall–Kier alpha value is -1.78. The van der Waals surface area contributed by atoms with E-state index < -0.39 is 0 Å². The van der Waals surface area contributed by atoms with Crippen LogP contribution in [0.15, 0.2) is 36.5 Å². The highest BCUT2D eigenvalue weighted by atomic mass is 35.5. The van der Waals surface area contributed by atoms with Gasteiger partial charge in [-0.25, -0.2) is 4.98 Å². The van der Waals surface area contributed by atoms with Gasteiger partial charge in [0.2, 0.25) is 0 Å². The third-order valence-corrected chi connectivity index (χ3v) is 3.56. The Morgan fingerprint density at radius 3 is 2.55 bits per heavy atom. The van der Waals surface area contributed by atoms with E-state index in [1.165, 1.54) is 0 Å². The first-order valence-electron chi connectivity index (χ1n) is 6.76. The van der Waals surface area contributed by atoms with E-state index in [-0.39, 0.29) is 11.4 Å². The molecule has 1 aromatic carbocycles. The van der Waals surface area contributed by atoms with Crippen molar-refractivity contribution in [3.63, 3.8) is 0 Å². The van der Waals surface area contributed by atoms with Gasteiger partial charge in [0.25, 0.3) is 5.91 Å². The molecule has 4 nitrogen and oxygen atoms in total. The van der Waals surface area contributed by atoms with Crippen molar-refractivity contribution in [2.75, 3.05) is 10.6 Å². The molecule has 0 aliphatic heterocycles. The summed E-state index contributed by atoms with van der Waals surface area (Å²) in [5, 5.41) is 6.67. The maximum Gasteiger partial charge on any atom is 0.259 e. The van der Waals surface area contributed by atoms with Crippen molar-refractivity contribution in [2.45, 2.75) is 26.3 Å². The fourth-order valence-corrected chi connectivity index (χ4v) is 2.18. The summed E-state index contributed by atoms with van der Waals surface area (Å²) in [6.45, 7) is 5.99. The van der Waals surface area contributed by atoms with Crippen LogP contribution in [0.25, 0.3) is 0 Å². The van der Waals surface area contributed by atoms with Gasteiger partial charge >= 0.3 is 0 Å². The summed E-state index contributed by atoms with van der Waals surface area (Å²) in [4.78, 5) is 16.7. The topological polar surface area (TPSA) is 54.0 Å². The van der Waals surface area contributed by atoms with E-state index >= 15 is 0 Å². The molecule has 1 aromatic heterocycles. The Balaban J connectivity index is 2.28. The predicted molar refractivity (Wildman–Crippen MR) is 92.0 cm³/mol. The first-order valence-corrected chi connectivity index (χ1v) is 7.52. The number of nitrogens with one attached hydrogen (secondary N) is 2. The monoisotopic (exact) mass is 337 g/mol. The minimum Gasteiger partial charge on any atom is -0.365 e. The summed E-state index contributed by atoms with van der Waals surface area (Å²) < 4.78 is 0. The van der Waals surface area contributed by atoms with Crippen LogP contribution >= 0.6 is 23.2 Å². The molecule has 22 heavy (non-hydrogen) atoms. The second-order valence-electron chi connectivity index (χ2n) is 5.83.